The molecule has 1 atom stereocenters. The lowest BCUT2D eigenvalue weighted by atomic mass is 10.0. The topological polar surface area (TPSA) is 109 Å². The van der Waals surface area contributed by atoms with Gasteiger partial charge in [-0.1, -0.05) is 24.3 Å². The summed E-state index contributed by atoms with van der Waals surface area (Å²) in [5.74, 6) is 0. The quantitative estimate of drug-likeness (QED) is 0.629. The first kappa shape index (κ1) is 11.3. The highest BCUT2D eigenvalue weighted by Crippen LogP contribution is 2.49. The third kappa shape index (κ3) is 1.50. The second-order valence-corrected chi connectivity index (χ2v) is 4.27. The summed E-state index contributed by atoms with van der Waals surface area (Å²) in [4.78, 5) is 0. The maximum atomic E-state index is 7.37. The van der Waals surface area contributed by atoms with Gasteiger partial charge in [0.05, 0.1) is 0 Å². The van der Waals surface area contributed by atoms with Gasteiger partial charge >= 0.3 is 0 Å². The molecule has 19 heavy (non-hydrogen) atoms. The molecule has 0 radical (unpaired) electrons. The minimum absolute atomic E-state index is 0.329. The Morgan fingerprint density at radius 3 is 2.16 bits per heavy atom. The van der Waals surface area contributed by atoms with Crippen molar-refractivity contribution >= 4 is 11.4 Å². The first-order valence-electron chi connectivity index (χ1n) is 5.69. The fraction of sp³-hybridized carbons (Fsp3) is 0.0769. The highest BCUT2D eigenvalue weighted by molar-refractivity contribution is 5.84. The Hall–Kier alpha value is -2.76. The summed E-state index contributed by atoms with van der Waals surface area (Å²) in [7, 11) is 0. The van der Waals surface area contributed by atoms with Crippen LogP contribution in [0.3, 0.4) is 0 Å². The molecule has 0 spiro atoms. The molecule has 1 aliphatic carbocycles. The molecule has 0 heterocycles. The first-order valence-corrected chi connectivity index (χ1v) is 5.69. The van der Waals surface area contributed by atoms with Gasteiger partial charge in [-0.25, -0.2) is 16.6 Å². The number of nitrogens with zero attached hydrogens (tertiary/aromatic N) is 3. The van der Waals surface area contributed by atoms with Gasteiger partial charge in [-0.15, -0.1) is 0 Å². The van der Waals surface area contributed by atoms with Gasteiger partial charge in [-0.3, -0.25) is 0 Å². The third-order valence-electron chi connectivity index (χ3n) is 3.36. The average molecular weight is 250 g/mol. The molecule has 1 aliphatic rings. The van der Waals surface area contributed by atoms with E-state index in [-0.39, 0.29) is 6.04 Å². The molecular formula is C13H10N6. The summed E-state index contributed by atoms with van der Waals surface area (Å²) >= 11 is 0. The smallest absolute Gasteiger partial charge is 0.122 e. The van der Waals surface area contributed by atoms with Crippen LogP contribution in [-0.2, 0) is 0 Å². The van der Waals surface area contributed by atoms with E-state index in [9.17, 15) is 0 Å². The molecule has 0 aliphatic heterocycles. The van der Waals surface area contributed by atoms with Gasteiger partial charge in [0, 0.05) is 0 Å². The minimum Gasteiger partial charge on any atom is -0.209 e. The fourth-order valence-corrected chi connectivity index (χ4v) is 2.52. The molecular weight excluding hydrogens is 240 g/mol. The monoisotopic (exact) mass is 250 g/mol. The zero-order chi connectivity index (χ0) is 13.4. The molecule has 1 unspecified atom stereocenters. The van der Waals surface area contributed by atoms with Gasteiger partial charge in [0.15, 0.2) is 0 Å². The molecule has 0 bridgehead atoms. The summed E-state index contributed by atoms with van der Waals surface area (Å²) in [6.07, 6.45) is 0. The van der Waals surface area contributed by atoms with Gasteiger partial charge in [0.2, 0.25) is 0 Å². The predicted molar refractivity (Wildman–Crippen MR) is 68.5 cm³/mol. The van der Waals surface area contributed by atoms with E-state index in [1.165, 1.54) is 0 Å². The molecule has 3 rings (SSSR count). The average Bonchev–Trinajstić information content (AvgIpc) is 2.78. The van der Waals surface area contributed by atoms with E-state index in [0.29, 0.717) is 11.4 Å². The summed E-state index contributed by atoms with van der Waals surface area (Å²) in [6.45, 7) is 0. The summed E-state index contributed by atoms with van der Waals surface area (Å²) < 4.78 is 0. The minimum atomic E-state index is -0.355. The summed E-state index contributed by atoms with van der Waals surface area (Å²) in [5.41, 5.74) is 26.1. The molecule has 6 nitrogen and oxygen atoms in total. The number of fused-ring (bicyclic) bond motifs is 3. The number of rotatable bonds is 3. The highest BCUT2D eigenvalue weighted by Gasteiger charge is 2.29. The zero-order valence-electron chi connectivity index (χ0n) is 9.88. The Bertz CT molecular complexity index is 706. The van der Waals surface area contributed by atoms with Gasteiger partial charge in [0.1, 0.15) is 17.4 Å². The van der Waals surface area contributed by atoms with E-state index in [4.69, 9.17) is 16.6 Å². The van der Waals surface area contributed by atoms with Crippen LogP contribution in [0.2, 0.25) is 0 Å². The van der Waals surface area contributed by atoms with Crippen molar-refractivity contribution in [1.82, 2.24) is 0 Å². The lowest BCUT2D eigenvalue weighted by Gasteiger charge is -2.06. The Morgan fingerprint density at radius 1 is 0.789 bits per heavy atom. The van der Waals surface area contributed by atoms with Gasteiger partial charge in [-0.05, 0) is 34.4 Å². The molecule has 6 heteroatoms. The lowest BCUT2D eigenvalue weighted by Crippen LogP contribution is -1.90. The zero-order valence-corrected chi connectivity index (χ0v) is 9.88. The highest BCUT2D eigenvalue weighted by atomic mass is 15.0. The predicted octanol–water partition coefficient (Wildman–Crippen LogP) is 5.11. The SMILES string of the molecule is N=Nc1cc2c(cc1N=N)C(N=N)c1ccccc1-2. The van der Waals surface area contributed by atoms with Crippen molar-refractivity contribution in [2.45, 2.75) is 6.04 Å². The summed E-state index contributed by atoms with van der Waals surface area (Å²) in [5, 5.41) is 10.5. The Balaban J connectivity index is 2.35. The molecule has 0 saturated heterocycles. The van der Waals surface area contributed by atoms with Crippen LogP contribution in [0.1, 0.15) is 17.2 Å². The van der Waals surface area contributed by atoms with E-state index in [1.54, 1.807) is 12.1 Å². The number of hydrogen-bond donors (Lipinski definition) is 3. The van der Waals surface area contributed by atoms with Crippen LogP contribution >= 0.6 is 0 Å². The van der Waals surface area contributed by atoms with Crippen LogP contribution in [-0.4, -0.2) is 0 Å². The lowest BCUT2D eigenvalue weighted by molar-refractivity contribution is 0.794. The van der Waals surface area contributed by atoms with Crippen molar-refractivity contribution in [1.29, 1.82) is 16.6 Å². The van der Waals surface area contributed by atoms with E-state index in [2.05, 4.69) is 15.3 Å². The molecule has 0 amide bonds. The van der Waals surface area contributed by atoms with E-state index < -0.39 is 0 Å². The molecule has 2 aromatic rings. The molecule has 0 saturated carbocycles. The van der Waals surface area contributed by atoms with Gasteiger partial charge in [0.25, 0.3) is 0 Å². The maximum Gasteiger partial charge on any atom is 0.122 e. The fourth-order valence-electron chi connectivity index (χ4n) is 2.52. The maximum absolute atomic E-state index is 7.37. The van der Waals surface area contributed by atoms with Crippen LogP contribution in [0.15, 0.2) is 51.7 Å². The van der Waals surface area contributed by atoms with Crippen molar-refractivity contribution < 1.29 is 0 Å². The Kier molecular flexibility index (Phi) is 2.49. The Labute approximate surface area is 109 Å². The molecule has 0 fully saturated rings. The van der Waals surface area contributed by atoms with Crippen LogP contribution in [0.5, 0.6) is 0 Å². The van der Waals surface area contributed by atoms with Crippen molar-refractivity contribution in [3.05, 3.63) is 47.5 Å². The van der Waals surface area contributed by atoms with Crippen molar-refractivity contribution in [3.63, 3.8) is 0 Å². The Morgan fingerprint density at radius 2 is 1.47 bits per heavy atom. The molecule has 0 aromatic heterocycles. The van der Waals surface area contributed by atoms with E-state index in [0.717, 1.165) is 22.3 Å². The first-order chi connectivity index (χ1) is 9.30. The van der Waals surface area contributed by atoms with Crippen molar-refractivity contribution in [2.75, 3.05) is 0 Å². The third-order valence-corrected chi connectivity index (χ3v) is 3.36. The molecule has 92 valence electrons. The normalized spacial score (nSPS) is 15.5. The number of nitrogens with one attached hydrogen (secondary N) is 3. The number of hydrogen-bond acceptors (Lipinski definition) is 6. The largest absolute Gasteiger partial charge is 0.209 e. The number of benzene rings is 2. The van der Waals surface area contributed by atoms with Crippen molar-refractivity contribution in [2.24, 2.45) is 15.3 Å². The van der Waals surface area contributed by atoms with Crippen LogP contribution in [0, 0.1) is 16.6 Å². The molecule has 3 N–H and O–H groups in total. The second kappa shape index (κ2) is 4.16. The van der Waals surface area contributed by atoms with E-state index in [1.807, 2.05) is 24.3 Å². The van der Waals surface area contributed by atoms with E-state index >= 15 is 0 Å². The van der Waals surface area contributed by atoms with Crippen LogP contribution < -0.4 is 0 Å². The van der Waals surface area contributed by atoms with Crippen LogP contribution in [0.4, 0.5) is 11.4 Å². The van der Waals surface area contributed by atoms with Gasteiger partial charge in [-0.2, -0.15) is 15.3 Å². The van der Waals surface area contributed by atoms with Crippen LogP contribution in [0.25, 0.3) is 11.1 Å². The summed E-state index contributed by atoms with van der Waals surface area (Å²) in [6, 6.07) is 10.8. The van der Waals surface area contributed by atoms with Gasteiger partial charge < -0.3 is 0 Å². The second-order valence-electron chi connectivity index (χ2n) is 4.27. The molecule has 2 aromatic carbocycles. The van der Waals surface area contributed by atoms with Crippen molar-refractivity contribution in [3.8, 4) is 11.1 Å². The standard InChI is InChI=1S/C13H10N6/c14-17-11-5-9-7-3-1-2-4-8(7)13(19-16)10(9)6-12(11)18-15/h1-6,13-16H.